The lowest BCUT2D eigenvalue weighted by molar-refractivity contribution is -0.137. The highest BCUT2D eigenvalue weighted by Gasteiger charge is 2.39. The zero-order chi connectivity index (χ0) is 24.3. The maximum atomic E-state index is 13.0. The molecule has 0 aliphatic carbocycles. The van der Waals surface area contributed by atoms with Crippen LogP contribution in [-0.4, -0.2) is 46.5 Å². The number of nitrogens with one attached hydrogen (secondary N) is 1. The lowest BCUT2D eigenvalue weighted by Gasteiger charge is -2.35. The smallest absolute Gasteiger partial charge is 0.282 e. The third-order valence-corrected chi connectivity index (χ3v) is 8.64. The first-order valence-electron chi connectivity index (χ1n) is 12.7. The summed E-state index contributed by atoms with van der Waals surface area (Å²) in [6, 6.07) is 12.3. The van der Waals surface area contributed by atoms with E-state index in [0.717, 1.165) is 68.9 Å². The lowest BCUT2D eigenvalue weighted by Crippen LogP contribution is -2.44. The number of piperidine rings is 2. The zero-order valence-electron chi connectivity index (χ0n) is 20.3. The molecule has 4 heterocycles. The minimum atomic E-state index is -0.396. The molecule has 182 valence electrons. The van der Waals surface area contributed by atoms with Crippen LogP contribution in [0, 0.1) is 5.92 Å². The van der Waals surface area contributed by atoms with Crippen LogP contribution < -0.4 is 10.9 Å². The molecule has 0 atom stereocenters. The molecule has 0 saturated carbocycles. The zero-order valence-corrected chi connectivity index (χ0v) is 21.1. The topological polar surface area (TPSA) is 67.2 Å². The van der Waals surface area contributed by atoms with Crippen molar-refractivity contribution >= 4 is 28.4 Å². The first kappa shape index (κ1) is 22.7. The van der Waals surface area contributed by atoms with E-state index in [1.54, 1.807) is 6.07 Å². The number of nitrogens with zero attached hydrogens (tertiary/aromatic N) is 3. The van der Waals surface area contributed by atoms with Crippen molar-refractivity contribution in [3.63, 3.8) is 0 Å². The van der Waals surface area contributed by atoms with E-state index in [-0.39, 0.29) is 11.5 Å². The Balaban J connectivity index is 1.30. The van der Waals surface area contributed by atoms with Crippen LogP contribution in [0.5, 0.6) is 0 Å². The Bertz CT molecular complexity index is 1380. The number of benzene rings is 2. The Morgan fingerprint density at radius 3 is 2.57 bits per heavy atom. The summed E-state index contributed by atoms with van der Waals surface area (Å²) in [5.74, 6) is 1.71. The van der Waals surface area contributed by atoms with Gasteiger partial charge < -0.3 is 10.2 Å². The van der Waals surface area contributed by atoms with Gasteiger partial charge in [0.1, 0.15) is 5.82 Å². The molecule has 1 amide bonds. The maximum Gasteiger partial charge on any atom is 0.282 e. The molecule has 2 aromatic carbocycles. The molecule has 6 nitrogen and oxygen atoms in total. The van der Waals surface area contributed by atoms with Crippen LogP contribution in [0.3, 0.4) is 0 Å². The summed E-state index contributed by atoms with van der Waals surface area (Å²) in [7, 11) is 0. The van der Waals surface area contributed by atoms with Crippen molar-refractivity contribution in [2.75, 3.05) is 26.2 Å². The van der Waals surface area contributed by atoms with Gasteiger partial charge in [0.05, 0.1) is 27.0 Å². The number of carbonyl (C=O) groups is 1. The van der Waals surface area contributed by atoms with Crippen LogP contribution in [0.4, 0.5) is 0 Å². The number of amides is 1. The van der Waals surface area contributed by atoms with Gasteiger partial charge in [-0.15, -0.1) is 0 Å². The SMILES string of the molecule is CC1(C)c2cc(C3CCN(C(=O)C4CCNCC4)CC3)ccc2-n2c1nc(=O)c1c(Cl)cccc12. The number of carbonyl (C=O) groups excluding carboxylic acids is 1. The number of fused-ring (bicyclic) bond motifs is 5. The largest absolute Gasteiger partial charge is 0.342 e. The normalized spacial score (nSPS) is 20.1. The van der Waals surface area contributed by atoms with Crippen LogP contribution in [0.25, 0.3) is 16.6 Å². The Hall–Kier alpha value is -2.70. The second-order valence-electron chi connectivity index (χ2n) is 10.7. The molecule has 0 unspecified atom stereocenters. The van der Waals surface area contributed by atoms with Gasteiger partial charge in [0.2, 0.25) is 5.91 Å². The Morgan fingerprint density at radius 1 is 1.09 bits per heavy atom. The van der Waals surface area contributed by atoms with Crippen LogP contribution in [0.1, 0.15) is 62.4 Å². The second-order valence-corrected chi connectivity index (χ2v) is 11.1. The molecule has 3 aliphatic rings. The molecule has 7 heteroatoms. The van der Waals surface area contributed by atoms with E-state index in [2.05, 4.69) is 51.8 Å². The predicted molar refractivity (Wildman–Crippen MR) is 139 cm³/mol. The maximum absolute atomic E-state index is 13.0. The summed E-state index contributed by atoms with van der Waals surface area (Å²) in [5, 5.41) is 4.25. The molecule has 1 aromatic heterocycles. The highest BCUT2D eigenvalue weighted by Crippen LogP contribution is 2.44. The fourth-order valence-corrected chi connectivity index (χ4v) is 6.52. The highest BCUT2D eigenvalue weighted by atomic mass is 35.5. The fourth-order valence-electron chi connectivity index (χ4n) is 6.27. The number of hydrogen-bond donors (Lipinski definition) is 1. The number of aromatic nitrogens is 2. The summed E-state index contributed by atoms with van der Waals surface area (Å²) in [4.78, 5) is 32.4. The van der Waals surface area contributed by atoms with Crippen molar-refractivity contribution in [1.29, 1.82) is 0 Å². The van der Waals surface area contributed by atoms with Gasteiger partial charge in [0.25, 0.3) is 5.56 Å². The standard InChI is InChI=1S/C28H31ClN4O2/c1-28(2)20-16-19(17-10-14-32(15-11-17)26(35)18-8-12-30-13-9-18)6-7-22(20)33-23-5-3-4-21(29)24(23)25(34)31-27(28)33/h3-7,16-18,30H,8-15H2,1-2H3. The molecule has 35 heavy (non-hydrogen) atoms. The molecule has 2 fully saturated rings. The molecule has 1 N–H and O–H groups in total. The van der Waals surface area contributed by atoms with Gasteiger partial charge in [-0.05, 0) is 87.9 Å². The summed E-state index contributed by atoms with van der Waals surface area (Å²) in [6.07, 6.45) is 3.88. The molecule has 0 radical (unpaired) electrons. The first-order valence-corrected chi connectivity index (χ1v) is 13.1. The van der Waals surface area contributed by atoms with E-state index in [0.29, 0.717) is 22.2 Å². The number of rotatable bonds is 2. The quantitative estimate of drug-likeness (QED) is 0.578. The van der Waals surface area contributed by atoms with Crippen molar-refractivity contribution in [2.45, 2.75) is 50.9 Å². The minimum absolute atomic E-state index is 0.186. The number of halogens is 1. The van der Waals surface area contributed by atoms with Crippen LogP contribution >= 0.6 is 11.6 Å². The van der Waals surface area contributed by atoms with E-state index >= 15 is 0 Å². The van der Waals surface area contributed by atoms with Gasteiger partial charge in [0, 0.05) is 19.0 Å². The Morgan fingerprint density at radius 2 is 1.83 bits per heavy atom. The van der Waals surface area contributed by atoms with Crippen molar-refractivity contribution in [2.24, 2.45) is 5.92 Å². The molecule has 6 rings (SSSR count). The molecule has 0 bridgehead atoms. The van der Waals surface area contributed by atoms with E-state index in [1.807, 2.05) is 12.1 Å². The highest BCUT2D eigenvalue weighted by molar-refractivity contribution is 6.35. The van der Waals surface area contributed by atoms with E-state index in [4.69, 9.17) is 11.6 Å². The van der Waals surface area contributed by atoms with E-state index in [1.165, 1.54) is 11.1 Å². The predicted octanol–water partition coefficient (Wildman–Crippen LogP) is 4.38. The summed E-state index contributed by atoms with van der Waals surface area (Å²) >= 11 is 6.39. The Labute approximate surface area is 210 Å². The minimum Gasteiger partial charge on any atom is -0.342 e. The van der Waals surface area contributed by atoms with Crippen molar-refractivity contribution < 1.29 is 4.79 Å². The molecule has 3 aromatic rings. The fraction of sp³-hybridized carbons (Fsp3) is 0.464. The average molecular weight is 491 g/mol. The first-order chi connectivity index (χ1) is 16.9. The molecular formula is C28H31ClN4O2. The van der Waals surface area contributed by atoms with Crippen LogP contribution in [-0.2, 0) is 10.2 Å². The van der Waals surface area contributed by atoms with Crippen LogP contribution in [0.15, 0.2) is 41.2 Å². The van der Waals surface area contributed by atoms with Gasteiger partial charge in [0.15, 0.2) is 0 Å². The van der Waals surface area contributed by atoms with Gasteiger partial charge in [-0.1, -0.05) is 29.8 Å². The second kappa shape index (κ2) is 8.45. The third-order valence-electron chi connectivity index (χ3n) is 8.33. The summed E-state index contributed by atoms with van der Waals surface area (Å²) in [6.45, 7) is 7.82. The van der Waals surface area contributed by atoms with Crippen LogP contribution in [0.2, 0.25) is 5.02 Å². The van der Waals surface area contributed by atoms with Gasteiger partial charge in [-0.25, -0.2) is 0 Å². The average Bonchev–Trinajstić information content (AvgIpc) is 3.10. The lowest BCUT2D eigenvalue weighted by atomic mass is 9.81. The molecule has 3 aliphatic heterocycles. The van der Waals surface area contributed by atoms with Gasteiger partial charge >= 0.3 is 0 Å². The van der Waals surface area contributed by atoms with Gasteiger partial charge in [-0.3, -0.25) is 14.2 Å². The molecule has 2 saturated heterocycles. The monoisotopic (exact) mass is 490 g/mol. The molecule has 0 spiro atoms. The summed E-state index contributed by atoms with van der Waals surface area (Å²) in [5.41, 5.74) is 3.69. The molecular weight excluding hydrogens is 460 g/mol. The summed E-state index contributed by atoms with van der Waals surface area (Å²) < 4.78 is 2.10. The third kappa shape index (κ3) is 3.61. The van der Waals surface area contributed by atoms with Gasteiger partial charge in [-0.2, -0.15) is 4.98 Å². The number of likely N-dealkylation sites (tertiary alicyclic amines) is 1. The van der Waals surface area contributed by atoms with Crippen molar-refractivity contribution in [3.05, 3.63) is 68.7 Å². The van der Waals surface area contributed by atoms with Crippen molar-refractivity contribution in [3.8, 4) is 5.69 Å². The van der Waals surface area contributed by atoms with E-state index in [9.17, 15) is 9.59 Å². The van der Waals surface area contributed by atoms with Crippen molar-refractivity contribution in [1.82, 2.24) is 19.8 Å². The Kier molecular flexibility index (Phi) is 5.49. The van der Waals surface area contributed by atoms with E-state index < -0.39 is 5.41 Å². The number of hydrogen-bond acceptors (Lipinski definition) is 4.